The predicted molar refractivity (Wildman–Crippen MR) is 87.7 cm³/mol. The van der Waals surface area contributed by atoms with E-state index >= 15 is 0 Å². The van der Waals surface area contributed by atoms with E-state index in [2.05, 4.69) is 5.32 Å². The number of hydrogen-bond acceptors (Lipinski definition) is 1. The molecule has 21 heavy (non-hydrogen) atoms. The molecule has 4 heteroatoms. The van der Waals surface area contributed by atoms with E-state index in [0.29, 0.717) is 11.4 Å². The Kier molecular flexibility index (Phi) is 5.63. The molecule has 0 radical (unpaired) electrons. The number of nitrogens with one attached hydrogen (secondary N) is 1. The quantitative estimate of drug-likeness (QED) is 0.782. The molecule has 0 saturated heterocycles. The molecule has 0 saturated carbocycles. The van der Waals surface area contributed by atoms with Crippen LogP contribution in [0.1, 0.15) is 29.7 Å². The molecule has 0 heterocycles. The van der Waals surface area contributed by atoms with Gasteiger partial charge in [-0.3, -0.25) is 0 Å². The van der Waals surface area contributed by atoms with Gasteiger partial charge in [-0.1, -0.05) is 36.2 Å². The zero-order valence-electron chi connectivity index (χ0n) is 12.1. The minimum atomic E-state index is -0.266. The summed E-state index contributed by atoms with van der Waals surface area (Å²) in [7, 11) is 0. The maximum atomic E-state index is 13.4. The van der Waals surface area contributed by atoms with E-state index in [-0.39, 0.29) is 11.9 Å². The van der Waals surface area contributed by atoms with Gasteiger partial charge in [-0.25, -0.2) is 4.39 Å². The average Bonchev–Trinajstić information content (AvgIpc) is 2.42. The van der Waals surface area contributed by atoms with E-state index in [1.165, 1.54) is 12.1 Å². The van der Waals surface area contributed by atoms with Crippen LogP contribution in [0.3, 0.4) is 0 Å². The van der Waals surface area contributed by atoms with Crippen molar-refractivity contribution in [2.75, 3.05) is 6.54 Å². The molecular weight excluding hydrogens is 308 g/mol. The Morgan fingerprint density at radius 3 is 2.57 bits per heavy atom. The van der Waals surface area contributed by atoms with Crippen molar-refractivity contribution in [3.8, 4) is 0 Å². The average molecular weight is 326 g/mol. The van der Waals surface area contributed by atoms with E-state index in [1.807, 2.05) is 32.0 Å². The van der Waals surface area contributed by atoms with Crippen molar-refractivity contribution in [3.63, 3.8) is 0 Å². The molecule has 0 spiro atoms. The highest BCUT2D eigenvalue weighted by atomic mass is 35.5. The lowest BCUT2D eigenvalue weighted by atomic mass is 9.95. The lowest BCUT2D eigenvalue weighted by Gasteiger charge is -2.21. The standard InChI is InChI=1S/C17H18Cl2FN/c1-3-21-17(15-6-4-13(18)8-11(15)2)10-12-9-14(20)5-7-16(12)19/h4-9,17,21H,3,10H2,1-2H3. The van der Waals surface area contributed by atoms with Crippen LogP contribution in [-0.4, -0.2) is 6.54 Å². The molecule has 0 aromatic heterocycles. The molecule has 1 nitrogen and oxygen atoms in total. The van der Waals surface area contributed by atoms with Gasteiger partial charge in [-0.15, -0.1) is 0 Å². The third-order valence-corrected chi connectivity index (χ3v) is 4.09. The van der Waals surface area contributed by atoms with Crippen molar-refractivity contribution in [3.05, 3.63) is 69.0 Å². The minimum Gasteiger partial charge on any atom is -0.310 e. The number of hydrogen-bond donors (Lipinski definition) is 1. The Hall–Kier alpha value is -1.09. The maximum Gasteiger partial charge on any atom is 0.123 e. The second-order valence-corrected chi connectivity index (χ2v) is 5.89. The van der Waals surface area contributed by atoms with Crippen molar-refractivity contribution < 1.29 is 4.39 Å². The van der Waals surface area contributed by atoms with Crippen LogP contribution in [0.5, 0.6) is 0 Å². The molecule has 0 aliphatic rings. The summed E-state index contributed by atoms with van der Waals surface area (Å²) in [5, 5.41) is 4.74. The summed E-state index contributed by atoms with van der Waals surface area (Å²) in [6.45, 7) is 4.89. The van der Waals surface area contributed by atoms with E-state index in [1.54, 1.807) is 6.07 Å². The molecule has 0 bridgehead atoms. The van der Waals surface area contributed by atoms with Gasteiger partial charge in [0.2, 0.25) is 0 Å². The number of rotatable bonds is 5. The van der Waals surface area contributed by atoms with Crippen LogP contribution in [0.2, 0.25) is 10.0 Å². The van der Waals surface area contributed by atoms with Crippen LogP contribution in [-0.2, 0) is 6.42 Å². The number of aryl methyl sites for hydroxylation is 1. The number of halogens is 3. The first-order chi connectivity index (χ1) is 10.0. The van der Waals surface area contributed by atoms with Gasteiger partial charge in [0.05, 0.1) is 0 Å². The van der Waals surface area contributed by atoms with E-state index in [4.69, 9.17) is 23.2 Å². The Bertz CT molecular complexity index is 628. The zero-order valence-corrected chi connectivity index (χ0v) is 13.6. The van der Waals surface area contributed by atoms with Crippen molar-refractivity contribution in [2.45, 2.75) is 26.3 Å². The van der Waals surface area contributed by atoms with Gasteiger partial charge >= 0.3 is 0 Å². The normalized spacial score (nSPS) is 12.4. The largest absolute Gasteiger partial charge is 0.310 e. The summed E-state index contributed by atoms with van der Waals surface area (Å²) < 4.78 is 13.4. The molecule has 2 aromatic carbocycles. The van der Waals surface area contributed by atoms with Gasteiger partial charge in [-0.2, -0.15) is 0 Å². The summed E-state index contributed by atoms with van der Waals surface area (Å²) in [5.41, 5.74) is 3.07. The fourth-order valence-corrected chi connectivity index (χ4v) is 2.91. The molecular formula is C17H18Cl2FN. The third kappa shape index (κ3) is 4.19. The molecule has 1 atom stereocenters. The number of likely N-dealkylation sites (N-methyl/N-ethyl adjacent to an activating group) is 1. The molecule has 2 rings (SSSR count). The van der Waals surface area contributed by atoms with Gasteiger partial charge in [-0.05, 0) is 66.9 Å². The van der Waals surface area contributed by atoms with E-state index < -0.39 is 0 Å². The van der Waals surface area contributed by atoms with Gasteiger partial charge in [0.25, 0.3) is 0 Å². The second-order valence-electron chi connectivity index (χ2n) is 5.05. The Morgan fingerprint density at radius 2 is 1.90 bits per heavy atom. The van der Waals surface area contributed by atoms with Gasteiger partial charge < -0.3 is 5.32 Å². The molecule has 0 amide bonds. The highest BCUT2D eigenvalue weighted by Gasteiger charge is 2.16. The first kappa shape index (κ1) is 16.3. The molecule has 2 aromatic rings. The minimum absolute atomic E-state index is 0.0755. The zero-order chi connectivity index (χ0) is 15.4. The highest BCUT2D eigenvalue weighted by molar-refractivity contribution is 6.31. The second kappa shape index (κ2) is 7.26. The smallest absolute Gasteiger partial charge is 0.123 e. The van der Waals surface area contributed by atoms with Gasteiger partial charge in [0.1, 0.15) is 5.82 Å². The van der Waals surface area contributed by atoms with Crippen LogP contribution < -0.4 is 5.32 Å². The van der Waals surface area contributed by atoms with Gasteiger partial charge in [0.15, 0.2) is 0 Å². The van der Waals surface area contributed by atoms with Crippen LogP contribution in [0.15, 0.2) is 36.4 Å². The fourth-order valence-electron chi connectivity index (χ4n) is 2.49. The van der Waals surface area contributed by atoms with Crippen LogP contribution in [0.25, 0.3) is 0 Å². The molecule has 0 aliphatic heterocycles. The van der Waals surface area contributed by atoms with Crippen molar-refractivity contribution in [2.24, 2.45) is 0 Å². The van der Waals surface area contributed by atoms with Crippen molar-refractivity contribution in [1.82, 2.24) is 5.32 Å². The maximum absolute atomic E-state index is 13.4. The molecule has 0 aliphatic carbocycles. The third-order valence-electron chi connectivity index (χ3n) is 3.49. The van der Waals surface area contributed by atoms with Crippen LogP contribution in [0, 0.1) is 12.7 Å². The first-order valence-electron chi connectivity index (χ1n) is 6.94. The summed E-state index contributed by atoms with van der Waals surface area (Å²) >= 11 is 12.2. The molecule has 0 fully saturated rings. The summed E-state index contributed by atoms with van der Waals surface area (Å²) in [4.78, 5) is 0. The van der Waals surface area contributed by atoms with E-state index in [0.717, 1.165) is 28.3 Å². The first-order valence-corrected chi connectivity index (χ1v) is 7.70. The predicted octanol–water partition coefficient (Wildman–Crippen LogP) is 5.33. The monoisotopic (exact) mass is 325 g/mol. The highest BCUT2D eigenvalue weighted by Crippen LogP contribution is 2.27. The summed E-state index contributed by atoms with van der Waals surface area (Å²) in [6.07, 6.45) is 0.632. The van der Waals surface area contributed by atoms with Gasteiger partial charge in [0, 0.05) is 16.1 Å². The topological polar surface area (TPSA) is 12.0 Å². The van der Waals surface area contributed by atoms with Crippen molar-refractivity contribution >= 4 is 23.2 Å². The Morgan fingerprint density at radius 1 is 1.14 bits per heavy atom. The summed E-state index contributed by atoms with van der Waals surface area (Å²) in [6, 6.07) is 10.4. The lowest BCUT2D eigenvalue weighted by Crippen LogP contribution is -2.24. The summed E-state index contributed by atoms with van der Waals surface area (Å²) in [5.74, 6) is -0.266. The number of benzene rings is 2. The van der Waals surface area contributed by atoms with E-state index in [9.17, 15) is 4.39 Å². The molecule has 1 N–H and O–H groups in total. The molecule has 1 unspecified atom stereocenters. The van der Waals surface area contributed by atoms with Crippen molar-refractivity contribution in [1.29, 1.82) is 0 Å². The Balaban J connectivity index is 2.32. The molecule has 112 valence electrons. The Labute approximate surface area is 135 Å². The van der Waals surface area contributed by atoms with Crippen LogP contribution >= 0.6 is 23.2 Å². The van der Waals surface area contributed by atoms with Crippen LogP contribution in [0.4, 0.5) is 4.39 Å². The SMILES string of the molecule is CCNC(Cc1cc(F)ccc1Cl)c1ccc(Cl)cc1C. The fraction of sp³-hybridized carbons (Fsp3) is 0.294. The lowest BCUT2D eigenvalue weighted by molar-refractivity contribution is 0.544.